The number of benzene rings is 4. The van der Waals surface area contributed by atoms with Gasteiger partial charge in [0.2, 0.25) is 0 Å². The van der Waals surface area contributed by atoms with Gasteiger partial charge in [-0.2, -0.15) is 0 Å². The third kappa shape index (κ3) is 4.59. The number of fused-ring (bicyclic) bond motifs is 1. The van der Waals surface area contributed by atoms with Gasteiger partial charge < -0.3 is 30.3 Å². The van der Waals surface area contributed by atoms with E-state index in [0.717, 1.165) is 16.7 Å². The summed E-state index contributed by atoms with van der Waals surface area (Å²) in [7, 11) is 0. The molecular formula is C28H21IO6. The van der Waals surface area contributed by atoms with Gasteiger partial charge in [0.05, 0.1) is 9.49 Å². The Hall–Kier alpha value is -3.85. The number of aromatic hydroxyl groups is 5. The van der Waals surface area contributed by atoms with Crippen LogP contribution in [0, 0.1) is 3.57 Å². The highest BCUT2D eigenvalue weighted by molar-refractivity contribution is 14.1. The van der Waals surface area contributed by atoms with E-state index in [9.17, 15) is 25.5 Å². The number of hydrogen-bond acceptors (Lipinski definition) is 6. The molecule has 0 radical (unpaired) electrons. The summed E-state index contributed by atoms with van der Waals surface area (Å²) in [5, 5.41) is 50.0. The first-order chi connectivity index (χ1) is 16.8. The number of rotatable bonds is 4. The molecule has 2 atom stereocenters. The van der Waals surface area contributed by atoms with E-state index in [1.54, 1.807) is 54.6 Å². The highest BCUT2D eigenvalue weighted by Crippen LogP contribution is 2.51. The summed E-state index contributed by atoms with van der Waals surface area (Å²) in [6.07, 6.45) is 3.22. The number of halogens is 1. The van der Waals surface area contributed by atoms with Gasteiger partial charge in [0, 0.05) is 11.6 Å². The van der Waals surface area contributed by atoms with Crippen LogP contribution >= 0.6 is 22.6 Å². The van der Waals surface area contributed by atoms with Crippen LogP contribution in [0.1, 0.15) is 39.8 Å². The highest BCUT2D eigenvalue weighted by atomic mass is 127. The fraction of sp³-hybridized carbons (Fsp3) is 0.0714. The summed E-state index contributed by atoms with van der Waals surface area (Å²) in [5.74, 6) is 0.418. The van der Waals surface area contributed by atoms with E-state index in [4.69, 9.17) is 4.74 Å². The largest absolute Gasteiger partial charge is 0.508 e. The molecule has 1 aliphatic heterocycles. The molecule has 5 rings (SSSR count). The third-order valence-electron chi connectivity index (χ3n) is 5.96. The molecule has 0 aromatic heterocycles. The lowest BCUT2D eigenvalue weighted by Crippen LogP contribution is -2.11. The van der Waals surface area contributed by atoms with Crippen molar-refractivity contribution < 1.29 is 30.3 Å². The third-order valence-corrected chi connectivity index (χ3v) is 7.06. The second kappa shape index (κ2) is 9.07. The van der Waals surface area contributed by atoms with Gasteiger partial charge in [-0.3, -0.25) is 0 Å². The van der Waals surface area contributed by atoms with Crippen molar-refractivity contribution in [2.75, 3.05) is 0 Å². The van der Waals surface area contributed by atoms with E-state index in [0.29, 0.717) is 20.4 Å². The molecule has 1 aliphatic rings. The summed E-state index contributed by atoms with van der Waals surface area (Å²) in [6, 6.07) is 20.2. The van der Waals surface area contributed by atoms with Crippen LogP contribution in [0.15, 0.2) is 72.8 Å². The minimum atomic E-state index is -0.434. The van der Waals surface area contributed by atoms with Crippen LogP contribution in [0.2, 0.25) is 0 Å². The summed E-state index contributed by atoms with van der Waals surface area (Å²) < 4.78 is 6.70. The molecule has 0 spiro atoms. The van der Waals surface area contributed by atoms with E-state index in [1.807, 2.05) is 46.9 Å². The van der Waals surface area contributed by atoms with Crippen molar-refractivity contribution in [1.82, 2.24) is 0 Å². The normalized spacial score (nSPS) is 16.8. The van der Waals surface area contributed by atoms with Gasteiger partial charge in [-0.05, 0) is 93.4 Å². The van der Waals surface area contributed by atoms with Crippen LogP contribution in [0.5, 0.6) is 34.5 Å². The Balaban J connectivity index is 1.56. The Labute approximate surface area is 215 Å². The van der Waals surface area contributed by atoms with Crippen molar-refractivity contribution in [3.05, 3.63) is 104 Å². The SMILES string of the molecule is Oc1ccc(C2Oc3ccc(/C=C/c4cc(O)c(I)c(O)c4)cc3C2c2cc(O)cc(O)c2)cc1. The zero-order chi connectivity index (χ0) is 24.7. The Bertz CT molecular complexity index is 1400. The van der Waals surface area contributed by atoms with Crippen molar-refractivity contribution in [3.8, 4) is 34.5 Å². The Morgan fingerprint density at radius 1 is 0.629 bits per heavy atom. The van der Waals surface area contributed by atoms with E-state index < -0.39 is 6.10 Å². The fourth-order valence-corrected chi connectivity index (χ4v) is 4.68. The molecule has 2 unspecified atom stereocenters. The minimum Gasteiger partial charge on any atom is -0.508 e. The molecule has 1 heterocycles. The van der Waals surface area contributed by atoms with Gasteiger partial charge in [0.15, 0.2) is 0 Å². The molecule has 0 saturated heterocycles. The summed E-state index contributed by atoms with van der Waals surface area (Å²) >= 11 is 1.88. The smallest absolute Gasteiger partial charge is 0.135 e. The first-order valence-electron chi connectivity index (χ1n) is 10.8. The summed E-state index contributed by atoms with van der Waals surface area (Å²) in [5.41, 5.74) is 3.92. The number of phenols is 5. The van der Waals surface area contributed by atoms with Gasteiger partial charge in [-0.25, -0.2) is 0 Å². The standard InChI is InChI=1S/C28H21IO6/c29-27-23(33)10-16(11-24(27)34)2-1-15-3-8-25-22(9-15)26(18-12-20(31)14-21(32)13-18)28(35-25)17-4-6-19(30)7-5-17/h1-14,26,28,30-34H/b2-1+. The van der Waals surface area contributed by atoms with Crippen LogP contribution in [0.3, 0.4) is 0 Å². The van der Waals surface area contributed by atoms with Crippen molar-refractivity contribution in [2.45, 2.75) is 12.0 Å². The Kier molecular flexibility index (Phi) is 5.94. The maximum atomic E-state index is 10.1. The topological polar surface area (TPSA) is 110 Å². The van der Waals surface area contributed by atoms with E-state index in [2.05, 4.69) is 0 Å². The van der Waals surface area contributed by atoms with Gasteiger partial charge in [0.1, 0.15) is 40.6 Å². The van der Waals surface area contributed by atoms with E-state index >= 15 is 0 Å². The molecule has 0 aliphatic carbocycles. The number of ether oxygens (including phenoxy) is 1. The Morgan fingerprint density at radius 2 is 1.26 bits per heavy atom. The van der Waals surface area contributed by atoms with E-state index in [-0.39, 0.29) is 34.7 Å². The first-order valence-corrected chi connectivity index (χ1v) is 11.9. The predicted molar refractivity (Wildman–Crippen MR) is 141 cm³/mol. The molecule has 4 aromatic carbocycles. The second-order valence-electron chi connectivity index (χ2n) is 8.39. The molecule has 0 amide bonds. The summed E-state index contributed by atoms with van der Waals surface area (Å²) in [6.45, 7) is 0. The molecule has 4 aromatic rings. The minimum absolute atomic E-state index is 0.00750. The highest BCUT2D eigenvalue weighted by Gasteiger charge is 2.37. The zero-order valence-corrected chi connectivity index (χ0v) is 20.4. The van der Waals surface area contributed by atoms with Gasteiger partial charge in [-0.15, -0.1) is 0 Å². The van der Waals surface area contributed by atoms with Gasteiger partial charge >= 0.3 is 0 Å². The lowest BCUT2D eigenvalue weighted by atomic mass is 9.84. The lowest BCUT2D eigenvalue weighted by molar-refractivity contribution is 0.222. The van der Waals surface area contributed by atoms with Crippen molar-refractivity contribution >= 4 is 34.7 Å². The van der Waals surface area contributed by atoms with Crippen LogP contribution in [-0.2, 0) is 0 Å². The van der Waals surface area contributed by atoms with Crippen LogP contribution < -0.4 is 4.74 Å². The Morgan fingerprint density at radius 3 is 1.91 bits per heavy atom. The molecule has 5 N–H and O–H groups in total. The van der Waals surface area contributed by atoms with Crippen LogP contribution in [0.25, 0.3) is 12.2 Å². The average Bonchev–Trinajstić information content (AvgIpc) is 3.19. The lowest BCUT2D eigenvalue weighted by Gasteiger charge is -2.20. The first kappa shape index (κ1) is 22.9. The molecule has 6 nitrogen and oxygen atoms in total. The van der Waals surface area contributed by atoms with Gasteiger partial charge in [0.25, 0.3) is 0 Å². The zero-order valence-electron chi connectivity index (χ0n) is 18.3. The average molecular weight is 580 g/mol. The summed E-state index contributed by atoms with van der Waals surface area (Å²) in [4.78, 5) is 0. The molecule has 176 valence electrons. The fourth-order valence-electron chi connectivity index (χ4n) is 4.37. The molecule has 7 heteroatoms. The molecule has 0 fully saturated rings. The van der Waals surface area contributed by atoms with E-state index in [1.165, 1.54) is 6.07 Å². The maximum Gasteiger partial charge on any atom is 0.135 e. The van der Waals surface area contributed by atoms with Crippen LogP contribution in [-0.4, -0.2) is 25.5 Å². The maximum absolute atomic E-state index is 10.1. The van der Waals surface area contributed by atoms with Gasteiger partial charge in [-0.1, -0.05) is 30.4 Å². The number of phenolic OH excluding ortho intramolecular Hbond substituents is 5. The molecular weight excluding hydrogens is 559 g/mol. The second-order valence-corrected chi connectivity index (χ2v) is 9.47. The van der Waals surface area contributed by atoms with Crippen molar-refractivity contribution in [3.63, 3.8) is 0 Å². The molecule has 35 heavy (non-hydrogen) atoms. The monoisotopic (exact) mass is 580 g/mol. The number of hydrogen-bond donors (Lipinski definition) is 5. The van der Waals surface area contributed by atoms with Crippen LogP contribution in [0.4, 0.5) is 0 Å². The molecule has 0 bridgehead atoms. The van der Waals surface area contributed by atoms with Crippen molar-refractivity contribution in [1.29, 1.82) is 0 Å². The quantitative estimate of drug-likeness (QED) is 0.144. The van der Waals surface area contributed by atoms with Crippen molar-refractivity contribution in [2.24, 2.45) is 0 Å². The predicted octanol–water partition coefficient (Wildman–Crippen LogP) is 6.26. The molecule has 0 saturated carbocycles.